The van der Waals surface area contributed by atoms with Crippen molar-refractivity contribution in [3.8, 4) is 0 Å². The minimum Gasteiger partial charge on any atom is -0.385 e. The second kappa shape index (κ2) is 6.58. The number of rotatable bonds is 7. The maximum Gasteiger partial charge on any atom is 0.0948 e. The molecule has 2 N–H and O–H groups in total. The second-order valence-electron chi connectivity index (χ2n) is 3.85. The monoisotopic (exact) mass is 211 g/mol. The number of aryl methyl sites for hydroxylation is 1. The van der Waals surface area contributed by atoms with Crippen LogP contribution in [0.1, 0.15) is 37.9 Å². The van der Waals surface area contributed by atoms with Gasteiger partial charge in [0, 0.05) is 32.5 Å². The van der Waals surface area contributed by atoms with E-state index in [2.05, 4.69) is 9.55 Å². The summed E-state index contributed by atoms with van der Waals surface area (Å²) in [4.78, 5) is 4.12. The fourth-order valence-corrected chi connectivity index (χ4v) is 1.60. The lowest BCUT2D eigenvalue weighted by atomic mass is 10.2. The van der Waals surface area contributed by atoms with E-state index in [1.165, 1.54) is 6.42 Å². The average molecular weight is 211 g/mol. The van der Waals surface area contributed by atoms with Crippen molar-refractivity contribution < 1.29 is 4.74 Å². The summed E-state index contributed by atoms with van der Waals surface area (Å²) in [6.07, 6.45) is 7.16. The Morgan fingerprint density at radius 1 is 1.47 bits per heavy atom. The number of nitrogens with zero attached hydrogens (tertiary/aromatic N) is 2. The first-order chi connectivity index (χ1) is 7.25. The van der Waals surface area contributed by atoms with Crippen molar-refractivity contribution in [1.82, 2.24) is 9.55 Å². The van der Waals surface area contributed by atoms with Gasteiger partial charge in [0.2, 0.25) is 0 Å². The van der Waals surface area contributed by atoms with Crippen LogP contribution in [0.5, 0.6) is 0 Å². The molecule has 0 amide bonds. The summed E-state index contributed by atoms with van der Waals surface area (Å²) in [6, 6.07) is 0.0616. The quantitative estimate of drug-likeness (QED) is 0.699. The molecule has 1 heterocycles. The number of methoxy groups -OCH3 is 1. The van der Waals surface area contributed by atoms with E-state index >= 15 is 0 Å². The molecule has 0 radical (unpaired) electrons. The third-order valence-electron chi connectivity index (χ3n) is 2.46. The molecule has 0 spiro atoms. The van der Waals surface area contributed by atoms with Gasteiger partial charge in [-0.15, -0.1) is 0 Å². The van der Waals surface area contributed by atoms with E-state index in [0.29, 0.717) is 0 Å². The fraction of sp³-hybridized carbons (Fsp3) is 0.727. The molecule has 1 rings (SSSR count). The Morgan fingerprint density at radius 3 is 2.93 bits per heavy atom. The number of imidazole rings is 1. The molecule has 0 aliphatic rings. The van der Waals surface area contributed by atoms with E-state index in [0.717, 1.165) is 31.7 Å². The fourth-order valence-electron chi connectivity index (χ4n) is 1.60. The van der Waals surface area contributed by atoms with E-state index in [1.807, 2.05) is 19.4 Å². The molecule has 0 bridgehead atoms. The van der Waals surface area contributed by atoms with Crippen LogP contribution in [0, 0.1) is 0 Å². The van der Waals surface area contributed by atoms with Crippen molar-refractivity contribution in [3.63, 3.8) is 0 Å². The Kier molecular flexibility index (Phi) is 5.36. The highest BCUT2D eigenvalue weighted by Crippen LogP contribution is 2.10. The first-order valence-corrected chi connectivity index (χ1v) is 5.50. The highest BCUT2D eigenvalue weighted by Gasteiger charge is 2.05. The van der Waals surface area contributed by atoms with Crippen molar-refractivity contribution >= 4 is 0 Å². The number of nitrogens with two attached hydrogens (primary N) is 1. The largest absolute Gasteiger partial charge is 0.385 e. The van der Waals surface area contributed by atoms with Crippen LogP contribution in [0.15, 0.2) is 12.5 Å². The number of aromatic nitrogens is 2. The Hall–Kier alpha value is -0.870. The summed E-state index contributed by atoms with van der Waals surface area (Å²) in [5, 5.41) is 0. The smallest absolute Gasteiger partial charge is 0.0948 e. The number of unbranched alkanes of at least 4 members (excludes halogenated alkanes) is 2. The summed E-state index contributed by atoms with van der Waals surface area (Å²) in [7, 11) is 1.74. The Bertz CT molecular complexity index is 271. The molecule has 0 aliphatic heterocycles. The maximum atomic E-state index is 5.83. The molecular weight excluding hydrogens is 190 g/mol. The molecule has 1 aromatic rings. The van der Waals surface area contributed by atoms with Gasteiger partial charge in [0.05, 0.1) is 12.0 Å². The van der Waals surface area contributed by atoms with Gasteiger partial charge in [-0.05, 0) is 26.2 Å². The van der Waals surface area contributed by atoms with Gasteiger partial charge in [-0.2, -0.15) is 0 Å². The average Bonchev–Trinajstić information content (AvgIpc) is 2.66. The van der Waals surface area contributed by atoms with Crippen LogP contribution >= 0.6 is 0 Å². The van der Waals surface area contributed by atoms with Gasteiger partial charge in [-0.3, -0.25) is 0 Å². The Balaban J connectivity index is 2.28. The molecular formula is C11H21N3O. The molecule has 0 fully saturated rings. The molecule has 1 atom stereocenters. The van der Waals surface area contributed by atoms with Crippen LogP contribution in [0.3, 0.4) is 0 Å². The SMILES string of the molecule is COCCCCCn1cncc1[C@@H](C)N. The van der Waals surface area contributed by atoms with Crippen LogP contribution in [0.2, 0.25) is 0 Å². The Labute approximate surface area is 91.4 Å². The van der Waals surface area contributed by atoms with Crippen molar-refractivity contribution in [2.24, 2.45) is 5.73 Å². The van der Waals surface area contributed by atoms with Crippen molar-refractivity contribution in [2.45, 2.75) is 38.8 Å². The molecule has 15 heavy (non-hydrogen) atoms. The van der Waals surface area contributed by atoms with Crippen molar-refractivity contribution in [1.29, 1.82) is 0 Å². The molecule has 0 aliphatic carbocycles. The molecule has 86 valence electrons. The predicted octanol–water partition coefficient (Wildman–Crippen LogP) is 1.72. The molecule has 1 aromatic heterocycles. The highest BCUT2D eigenvalue weighted by molar-refractivity contribution is 5.02. The van der Waals surface area contributed by atoms with E-state index < -0.39 is 0 Å². The molecule has 0 saturated carbocycles. The lowest BCUT2D eigenvalue weighted by molar-refractivity contribution is 0.191. The van der Waals surface area contributed by atoms with Crippen LogP contribution < -0.4 is 5.73 Å². The van der Waals surface area contributed by atoms with Gasteiger partial charge in [-0.25, -0.2) is 4.98 Å². The van der Waals surface area contributed by atoms with Gasteiger partial charge in [-0.1, -0.05) is 0 Å². The van der Waals surface area contributed by atoms with Crippen molar-refractivity contribution in [2.75, 3.05) is 13.7 Å². The van der Waals surface area contributed by atoms with E-state index in [-0.39, 0.29) is 6.04 Å². The van der Waals surface area contributed by atoms with E-state index in [1.54, 1.807) is 7.11 Å². The first kappa shape index (κ1) is 12.2. The van der Waals surface area contributed by atoms with Crippen LogP contribution in [-0.4, -0.2) is 23.3 Å². The standard InChI is InChI=1S/C11H21N3O/c1-10(12)11-8-13-9-14(11)6-4-3-5-7-15-2/h8-10H,3-7,12H2,1-2H3/t10-/m1/s1. The van der Waals surface area contributed by atoms with E-state index in [4.69, 9.17) is 10.5 Å². The third-order valence-corrected chi connectivity index (χ3v) is 2.46. The topological polar surface area (TPSA) is 53.1 Å². The molecule has 4 heteroatoms. The molecule has 0 aromatic carbocycles. The minimum absolute atomic E-state index is 0.0616. The Morgan fingerprint density at radius 2 is 2.27 bits per heavy atom. The normalized spacial score (nSPS) is 13.0. The molecule has 4 nitrogen and oxygen atoms in total. The third kappa shape index (κ3) is 4.01. The summed E-state index contributed by atoms with van der Waals surface area (Å²) in [6.45, 7) is 3.84. The first-order valence-electron chi connectivity index (χ1n) is 5.50. The maximum absolute atomic E-state index is 5.83. The lowest BCUT2D eigenvalue weighted by Gasteiger charge is -2.10. The molecule has 0 saturated heterocycles. The number of ether oxygens (including phenoxy) is 1. The summed E-state index contributed by atoms with van der Waals surface area (Å²) < 4.78 is 7.14. The van der Waals surface area contributed by atoms with Gasteiger partial charge in [0.15, 0.2) is 0 Å². The minimum atomic E-state index is 0.0616. The molecule has 0 unspecified atom stereocenters. The summed E-state index contributed by atoms with van der Waals surface area (Å²) in [5.74, 6) is 0. The highest BCUT2D eigenvalue weighted by atomic mass is 16.5. The zero-order valence-electron chi connectivity index (χ0n) is 9.65. The number of hydrogen-bond acceptors (Lipinski definition) is 3. The van der Waals surface area contributed by atoms with Crippen molar-refractivity contribution in [3.05, 3.63) is 18.2 Å². The second-order valence-corrected chi connectivity index (χ2v) is 3.85. The van der Waals surface area contributed by atoms with Crippen LogP contribution in [-0.2, 0) is 11.3 Å². The summed E-state index contributed by atoms with van der Waals surface area (Å²) >= 11 is 0. The van der Waals surface area contributed by atoms with Crippen LogP contribution in [0.4, 0.5) is 0 Å². The van der Waals surface area contributed by atoms with E-state index in [9.17, 15) is 0 Å². The number of hydrogen-bond donors (Lipinski definition) is 1. The van der Waals surface area contributed by atoms with Crippen LogP contribution in [0.25, 0.3) is 0 Å². The summed E-state index contributed by atoms with van der Waals surface area (Å²) in [5.41, 5.74) is 6.94. The van der Waals surface area contributed by atoms with Gasteiger partial charge < -0.3 is 15.0 Å². The van der Waals surface area contributed by atoms with Gasteiger partial charge >= 0.3 is 0 Å². The lowest BCUT2D eigenvalue weighted by Crippen LogP contribution is -2.11. The zero-order valence-corrected chi connectivity index (χ0v) is 9.65. The zero-order chi connectivity index (χ0) is 11.1. The predicted molar refractivity (Wildman–Crippen MR) is 60.6 cm³/mol. The van der Waals surface area contributed by atoms with Gasteiger partial charge in [0.25, 0.3) is 0 Å². The van der Waals surface area contributed by atoms with Gasteiger partial charge in [0.1, 0.15) is 0 Å².